The molecule has 3 aliphatic heterocycles. The molecule has 188 valence electrons. The zero-order valence-corrected chi connectivity index (χ0v) is 19.6. The Morgan fingerprint density at radius 1 is 1.25 bits per heavy atom. The van der Waals surface area contributed by atoms with Crippen LogP contribution in [0.15, 0.2) is 24.4 Å². The lowest BCUT2D eigenvalue weighted by atomic mass is 10.0. The van der Waals surface area contributed by atoms with Gasteiger partial charge >= 0.3 is 0 Å². The number of rotatable bonds is 5. The highest BCUT2D eigenvalue weighted by Gasteiger charge is 2.39. The summed E-state index contributed by atoms with van der Waals surface area (Å²) in [6.45, 7) is 3.05. The van der Waals surface area contributed by atoms with Gasteiger partial charge in [-0.3, -0.25) is 29.3 Å². The van der Waals surface area contributed by atoms with Gasteiger partial charge in [0.2, 0.25) is 17.7 Å². The quantitative estimate of drug-likeness (QED) is 0.501. The van der Waals surface area contributed by atoms with Crippen LogP contribution >= 0.6 is 0 Å². The number of amides is 5. The fourth-order valence-electron chi connectivity index (χ4n) is 4.64. The summed E-state index contributed by atoms with van der Waals surface area (Å²) in [7, 11) is 0. The van der Waals surface area contributed by atoms with Crippen molar-refractivity contribution in [2.45, 2.75) is 38.5 Å². The van der Waals surface area contributed by atoms with Crippen LogP contribution in [0.1, 0.15) is 46.2 Å². The lowest BCUT2D eigenvalue weighted by Crippen LogP contribution is -2.52. The fraction of sp³-hybridized carbons (Fsp3) is 0.435. The van der Waals surface area contributed by atoms with Gasteiger partial charge in [0, 0.05) is 45.1 Å². The van der Waals surface area contributed by atoms with Crippen LogP contribution in [0.3, 0.4) is 0 Å². The number of hydrogen-bond donors (Lipinski definition) is 2. The molecule has 2 N–H and O–H groups in total. The highest BCUT2D eigenvalue weighted by Crippen LogP contribution is 2.29. The van der Waals surface area contributed by atoms with Crippen molar-refractivity contribution in [3.8, 4) is 5.69 Å². The third-order valence-corrected chi connectivity index (χ3v) is 6.49. The lowest BCUT2D eigenvalue weighted by molar-refractivity contribution is -0.137. The minimum atomic E-state index is -0.690. The van der Waals surface area contributed by atoms with Gasteiger partial charge in [0.05, 0.1) is 24.6 Å². The molecule has 36 heavy (non-hydrogen) atoms. The Labute approximate surface area is 205 Å². The number of nitrogens with zero attached hydrogens (tertiary/aromatic N) is 5. The summed E-state index contributed by atoms with van der Waals surface area (Å²) in [6.07, 6.45) is 1.70. The van der Waals surface area contributed by atoms with Gasteiger partial charge < -0.3 is 19.9 Å². The molecule has 5 rings (SSSR count). The largest absolute Gasteiger partial charge is 0.373 e. The predicted molar refractivity (Wildman–Crippen MR) is 122 cm³/mol. The molecular formula is C23H25N7O6. The zero-order chi connectivity index (χ0) is 25.4. The molecule has 5 amide bonds. The summed E-state index contributed by atoms with van der Waals surface area (Å²) in [5.41, 5.74) is 1.98. The van der Waals surface area contributed by atoms with Crippen molar-refractivity contribution in [3.05, 3.63) is 41.2 Å². The zero-order valence-electron chi connectivity index (χ0n) is 19.6. The molecule has 0 spiro atoms. The van der Waals surface area contributed by atoms with Crippen molar-refractivity contribution in [1.82, 2.24) is 35.4 Å². The predicted octanol–water partition coefficient (Wildman–Crippen LogP) is -0.995. The van der Waals surface area contributed by atoms with Crippen LogP contribution in [0.5, 0.6) is 0 Å². The smallest absolute Gasteiger partial charge is 0.276 e. The summed E-state index contributed by atoms with van der Waals surface area (Å²) >= 11 is 0. The average Bonchev–Trinajstić information content (AvgIpc) is 3.48. The number of nitrogens with one attached hydrogen (secondary N) is 2. The van der Waals surface area contributed by atoms with E-state index >= 15 is 0 Å². The first kappa shape index (κ1) is 23.6. The molecule has 1 aromatic carbocycles. The molecule has 2 saturated heterocycles. The standard InChI is InChI=1S/C23H25N7O6/c1-13(31)24-9-16-11-28(6-7-36-16)23(35)18-12-30(27-26-18)15-2-3-17-14(8-15)10-29(22(17)34)19-4-5-20(32)25-21(19)33/h2-3,8,12,16,19H,4-7,9-11H2,1H3,(H,24,31)(H,25,32,33). The molecule has 2 fully saturated rings. The maximum atomic E-state index is 13.0. The number of imide groups is 1. The first-order valence-corrected chi connectivity index (χ1v) is 11.7. The summed E-state index contributed by atoms with van der Waals surface area (Å²) < 4.78 is 7.07. The van der Waals surface area contributed by atoms with Crippen LogP contribution in [-0.4, -0.2) is 92.7 Å². The van der Waals surface area contributed by atoms with Crippen molar-refractivity contribution < 1.29 is 28.7 Å². The molecule has 13 nitrogen and oxygen atoms in total. The Bertz CT molecular complexity index is 1260. The van der Waals surface area contributed by atoms with Crippen LogP contribution in [-0.2, 0) is 25.7 Å². The van der Waals surface area contributed by atoms with E-state index in [2.05, 4.69) is 20.9 Å². The number of ether oxygens (including phenoxy) is 1. The SMILES string of the molecule is CC(=O)NCC1CN(C(=O)c2cn(-c3ccc4c(c3)CN(C3CCC(=O)NC3=O)C4=O)nn2)CCO1. The number of carbonyl (C=O) groups excluding carboxylic acids is 5. The molecule has 2 unspecified atom stereocenters. The number of carbonyl (C=O) groups is 5. The summed E-state index contributed by atoms with van der Waals surface area (Å²) in [5, 5.41) is 13.1. The van der Waals surface area contributed by atoms with Gasteiger partial charge in [-0.15, -0.1) is 5.10 Å². The monoisotopic (exact) mass is 495 g/mol. The number of hydrogen-bond acceptors (Lipinski definition) is 8. The second-order valence-corrected chi connectivity index (χ2v) is 8.97. The maximum Gasteiger partial charge on any atom is 0.276 e. The molecule has 2 aromatic rings. The van der Waals surface area contributed by atoms with Crippen molar-refractivity contribution in [1.29, 1.82) is 0 Å². The van der Waals surface area contributed by atoms with E-state index in [1.807, 2.05) is 0 Å². The highest BCUT2D eigenvalue weighted by atomic mass is 16.5. The van der Waals surface area contributed by atoms with E-state index in [9.17, 15) is 24.0 Å². The van der Waals surface area contributed by atoms with Crippen LogP contribution in [0.2, 0.25) is 0 Å². The first-order chi connectivity index (χ1) is 17.3. The molecule has 0 aliphatic carbocycles. The Balaban J connectivity index is 1.28. The van der Waals surface area contributed by atoms with Crippen molar-refractivity contribution >= 4 is 29.5 Å². The van der Waals surface area contributed by atoms with E-state index in [1.54, 1.807) is 23.1 Å². The van der Waals surface area contributed by atoms with Gasteiger partial charge in [0.1, 0.15) is 6.04 Å². The summed E-state index contributed by atoms with van der Waals surface area (Å²) in [4.78, 5) is 63.8. The molecule has 1 aromatic heterocycles. The third kappa shape index (κ3) is 4.56. The fourth-order valence-corrected chi connectivity index (χ4v) is 4.64. The molecule has 2 atom stereocenters. The first-order valence-electron chi connectivity index (χ1n) is 11.7. The van der Waals surface area contributed by atoms with Gasteiger partial charge in [-0.25, -0.2) is 4.68 Å². The summed E-state index contributed by atoms with van der Waals surface area (Å²) in [6, 6.07) is 4.45. The van der Waals surface area contributed by atoms with Crippen molar-refractivity contribution in [2.75, 3.05) is 26.2 Å². The molecule has 13 heteroatoms. The average molecular weight is 495 g/mol. The van der Waals surface area contributed by atoms with Crippen LogP contribution in [0.4, 0.5) is 0 Å². The normalized spacial score (nSPS) is 21.9. The maximum absolute atomic E-state index is 13.0. The van der Waals surface area contributed by atoms with E-state index in [1.165, 1.54) is 22.7 Å². The summed E-state index contributed by atoms with van der Waals surface area (Å²) in [5.74, 6) is -1.52. The number of fused-ring (bicyclic) bond motifs is 1. The number of aromatic nitrogens is 3. The molecule has 0 saturated carbocycles. The lowest BCUT2D eigenvalue weighted by Gasteiger charge is -2.32. The number of benzene rings is 1. The van der Waals surface area contributed by atoms with Crippen LogP contribution in [0, 0.1) is 0 Å². The Morgan fingerprint density at radius 3 is 2.86 bits per heavy atom. The molecular weight excluding hydrogens is 470 g/mol. The van der Waals surface area contributed by atoms with Crippen molar-refractivity contribution in [3.63, 3.8) is 0 Å². The topological polar surface area (TPSA) is 156 Å². The molecule has 0 radical (unpaired) electrons. The van der Waals surface area contributed by atoms with Gasteiger partial charge in [-0.2, -0.15) is 0 Å². The second-order valence-electron chi connectivity index (χ2n) is 8.97. The van der Waals surface area contributed by atoms with Gasteiger partial charge in [-0.1, -0.05) is 5.21 Å². The van der Waals surface area contributed by atoms with Gasteiger partial charge in [-0.05, 0) is 30.2 Å². The Kier molecular flexibility index (Phi) is 6.22. The number of piperidine rings is 1. The van der Waals surface area contributed by atoms with E-state index in [0.717, 1.165) is 5.56 Å². The van der Waals surface area contributed by atoms with E-state index in [0.29, 0.717) is 43.9 Å². The van der Waals surface area contributed by atoms with E-state index in [4.69, 9.17) is 4.74 Å². The van der Waals surface area contributed by atoms with Crippen molar-refractivity contribution in [2.24, 2.45) is 0 Å². The van der Waals surface area contributed by atoms with Crippen LogP contribution < -0.4 is 10.6 Å². The highest BCUT2D eigenvalue weighted by molar-refractivity contribution is 6.05. The van der Waals surface area contributed by atoms with Gasteiger partial charge in [0.15, 0.2) is 5.69 Å². The van der Waals surface area contributed by atoms with Crippen LogP contribution in [0.25, 0.3) is 5.69 Å². The minimum Gasteiger partial charge on any atom is -0.373 e. The Morgan fingerprint density at radius 2 is 2.08 bits per heavy atom. The molecule has 4 heterocycles. The Hall–Kier alpha value is -4.13. The van der Waals surface area contributed by atoms with Gasteiger partial charge in [0.25, 0.3) is 11.8 Å². The molecule has 0 bridgehead atoms. The molecule has 3 aliphatic rings. The van der Waals surface area contributed by atoms with E-state index < -0.39 is 11.9 Å². The second kappa shape index (κ2) is 9.49. The third-order valence-electron chi connectivity index (χ3n) is 6.49. The number of morpholine rings is 1. The minimum absolute atomic E-state index is 0.164. The van der Waals surface area contributed by atoms with E-state index in [-0.39, 0.29) is 48.4 Å².